The molecule has 1 amide bonds. The third kappa shape index (κ3) is 4.47. The van der Waals surface area contributed by atoms with Crippen molar-refractivity contribution in [2.45, 2.75) is 27.3 Å². The molecule has 3 rings (SSSR count). The van der Waals surface area contributed by atoms with E-state index in [2.05, 4.69) is 36.5 Å². The van der Waals surface area contributed by atoms with Crippen LogP contribution in [0.25, 0.3) is 0 Å². The maximum absolute atomic E-state index is 12.6. The Bertz CT molecular complexity index is 724. The van der Waals surface area contributed by atoms with Crippen LogP contribution >= 0.6 is 0 Å². The Morgan fingerprint density at radius 3 is 2.24 bits per heavy atom. The molecule has 1 aliphatic rings. The van der Waals surface area contributed by atoms with Crippen LogP contribution in [0.3, 0.4) is 0 Å². The number of nitrogens with one attached hydrogen (secondary N) is 2. The van der Waals surface area contributed by atoms with Gasteiger partial charge in [0.15, 0.2) is 0 Å². The molecule has 0 bridgehead atoms. The SMILES string of the molecule is Cc1cc(C)c(NC(=O)c2ccc(C[NH+]3CCOCC3)cc2)c(C)c1. The second kappa shape index (κ2) is 7.81. The Kier molecular flexibility index (Phi) is 5.51. The van der Waals surface area contributed by atoms with E-state index < -0.39 is 0 Å². The highest BCUT2D eigenvalue weighted by Crippen LogP contribution is 2.22. The van der Waals surface area contributed by atoms with Gasteiger partial charge in [0.25, 0.3) is 5.91 Å². The predicted octanol–water partition coefficient (Wildman–Crippen LogP) is 2.28. The van der Waals surface area contributed by atoms with E-state index in [-0.39, 0.29) is 5.91 Å². The van der Waals surface area contributed by atoms with Crippen molar-refractivity contribution in [1.82, 2.24) is 0 Å². The summed E-state index contributed by atoms with van der Waals surface area (Å²) in [6.45, 7) is 10.9. The van der Waals surface area contributed by atoms with Gasteiger partial charge in [-0.3, -0.25) is 4.79 Å². The predicted molar refractivity (Wildman–Crippen MR) is 100 cm³/mol. The molecule has 0 spiro atoms. The van der Waals surface area contributed by atoms with E-state index in [1.54, 1.807) is 0 Å². The first-order valence-corrected chi connectivity index (χ1v) is 8.92. The van der Waals surface area contributed by atoms with Gasteiger partial charge >= 0.3 is 0 Å². The van der Waals surface area contributed by atoms with Crippen LogP contribution in [0.5, 0.6) is 0 Å². The molecule has 0 aliphatic carbocycles. The standard InChI is InChI=1S/C21H26N2O2/c1-15-12-16(2)20(17(3)13-15)22-21(24)19-6-4-18(5-7-19)14-23-8-10-25-11-9-23/h4-7,12-13H,8-11,14H2,1-3H3,(H,22,24)/p+1. The summed E-state index contributed by atoms with van der Waals surface area (Å²) >= 11 is 0. The minimum atomic E-state index is -0.0553. The molecule has 2 N–H and O–H groups in total. The number of amides is 1. The Balaban J connectivity index is 1.66. The summed E-state index contributed by atoms with van der Waals surface area (Å²) < 4.78 is 5.40. The van der Waals surface area contributed by atoms with Crippen molar-refractivity contribution in [3.05, 3.63) is 64.2 Å². The molecule has 25 heavy (non-hydrogen) atoms. The zero-order chi connectivity index (χ0) is 17.8. The number of carbonyl (C=O) groups excluding carboxylic acids is 1. The van der Waals surface area contributed by atoms with Crippen LogP contribution in [0.1, 0.15) is 32.6 Å². The smallest absolute Gasteiger partial charge is 0.255 e. The molecule has 1 heterocycles. The number of hydrogen-bond acceptors (Lipinski definition) is 2. The Hall–Kier alpha value is -2.17. The quantitative estimate of drug-likeness (QED) is 0.897. The first-order valence-electron chi connectivity index (χ1n) is 8.92. The molecule has 2 aromatic rings. The third-order valence-corrected chi connectivity index (χ3v) is 4.79. The molecule has 0 saturated carbocycles. The molecule has 0 atom stereocenters. The van der Waals surface area contributed by atoms with E-state index >= 15 is 0 Å². The van der Waals surface area contributed by atoms with E-state index in [0.29, 0.717) is 5.56 Å². The van der Waals surface area contributed by atoms with Crippen LogP contribution < -0.4 is 10.2 Å². The minimum Gasteiger partial charge on any atom is -0.370 e. The lowest BCUT2D eigenvalue weighted by molar-refractivity contribution is -0.921. The lowest BCUT2D eigenvalue weighted by Crippen LogP contribution is -3.12. The largest absolute Gasteiger partial charge is 0.370 e. The highest BCUT2D eigenvalue weighted by Gasteiger charge is 2.15. The minimum absolute atomic E-state index is 0.0553. The van der Waals surface area contributed by atoms with Crippen molar-refractivity contribution in [2.24, 2.45) is 0 Å². The van der Waals surface area contributed by atoms with Crippen molar-refractivity contribution in [2.75, 3.05) is 31.6 Å². The molecule has 2 aromatic carbocycles. The number of rotatable bonds is 4. The van der Waals surface area contributed by atoms with Gasteiger partial charge in [0.1, 0.15) is 19.6 Å². The molecular formula is C21H27N2O2+. The molecule has 1 fully saturated rings. The molecule has 1 saturated heterocycles. The van der Waals surface area contributed by atoms with Gasteiger partial charge in [-0.1, -0.05) is 29.8 Å². The number of carbonyl (C=O) groups is 1. The third-order valence-electron chi connectivity index (χ3n) is 4.79. The fourth-order valence-electron chi connectivity index (χ4n) is 3.46. The zero-order valence-corrected chi connectivity index (χ0v) is 15.3. The van der Waals surface area contributed by atoms with Gasteiger partial charge in [0.05, 0.1) is 13.2 Å². The number of quaternary nitrogens is 1. The summed E-state index contributed by atoms with van der Waals surface area (Å²) in [4.78, 5) is 14.1. The summed E-state index contributed by atoms with van der Waals surface area (Å²) in [6.07, 6.45) is 0. The van der Waals surface area contributed by atoms with Gasteiger partial charge in [-0.2, -0.15) is 0 Å². The second-order valence-corrected chi connectivity index (χ2v) is 6.96. The summed E-state index contributed by atoms with van der Waals surface area (Å²) in [6, 6.07) is 12.2. The fraction of sp³-hybridized carbons (Fsp3) is 0.381. The van der Waals surface area contributed by atoms with Crippen molar-refractivity contribution >= 4 is 11.6 Å². The topological polar surface area (TPSA) is 42.8 Å². The Labute approximate surface area is 149 Å². The lowest BCUT2D eigenvalue weighted by Gasteiger charge is -2.23. The fourth-order valence-corrected chi connectivity index (χ4v) is 3.46. The van der Waals surface area contributed by atoms with Crippen LogP contribution in [-0.2, 0) is 11.3 Å². The summed E-state index contributed by atoms with van der Waals surface area (Å²) in [5, 5.41) is 3.06. The summed E-state index contributed by atoms with van der Waals surface area (Å²) in [7, 11) is 0. The van der Waals surface area contributed by atoms with Crippen molar-refractivity contribution in [3.63, 3.8) is 0 Å². The van der Waals surface area contributed by atoms with Gasteiger partial charge in [-0.05, 0) is 44.0 Å². The zero-order valence-electron chi connectivity index (χ0n) is 15.3. The van der Waals surface area contributed by atoms with Gasteiger partial charge in [-0.15, -0.1) is 0 Å². The van der Waals surface area contributed by atoms with Crippen molar-refractivity contribution in [3.8, 4) is 0 Å². The number of anilines is 1. The van der Waals surface area contributed by atoms with Crippen LogP contribution in [0, 0.1) is 20.8 Å². The summed E-state index contributed by atoms with van der Waals surface area (Å²) in [5.41, 5.74) is 6.27. The monoisotopic (exact) mass is 339 g/mol. The van der Waals surface area contributed by atoms with Crippen LogP contribution in [0.4, 0.5) is 5.69 Å². The Morgan fingerprint density at radius 1 is 1.04 bits per heavy atom. The van der Waals surface area contributed by atoms with E-state index in [0.717, 1.165) is 49.7 Å². The maximum atomic E-state index is 12.6. The number of ether oxygens (including phenoxy) is 1. The van der Waals surface area contributed by atoms with Crippen LogP contribution in [0.2, 0.25) is 0 Å². The van der Waals surface area contributed by atoms with E-state index in [4.69, 9.17) is 4.74 Å². The molecule has 132 valence electrons. The molecule has 0 unspecified atom stereocenters. The highest BCUT2D eigenvalue weighted by atomic mass is 16.5. The number of hydrogen-bond donors (Lipinski definition) is 2. The average Bonchev–Trinajstić information content (AvgIpc) is 2.59. The van der Waals surface area contributed by atoms with E-state index in [9.17, 15) is 4.79 Å². The molecule has 4 heteroatoms. The van der Waals surface area contributed by atoms with E-state index in [1.165, 1.54) is 16.0 Å². The second-order valence-electron chi connectivity index (χ2n) is 6.96. The van der Waals surface area contributed by atoms with Crippen molar-refractivity contribution < 1.29 is 14.4 Å². The summed E-state index contributed by atoms with van der Waals surface area (Å²) in [5.74, 6) is -0.0553. The molecular weight excluding hydrogens is 312 g/mol. The van der Waals surface area contributed by atoms with Crippen LogP contribution in [0.15, 0.2) is 36.4 Å². The molecule has 1 aliphatic heterocycles. The highest BCUT2D eigenvalue weighted by molar-refractivity contribution is 6.05. The first kappa shape index (κ1) is 17.6. The normalized spacial score (nSPS) is 15.2. The number of morpholine rings is 1. The van der Waals surface area contributed by atoms with Gasteiger partial charge < -0.3 is 15.0 Å². The van der Waals surface area contributed by atoms with Crippen molar-refractivity contribution in [1.29, 1.82) is 0 Å². The number of aryl methyl sites for hydroxylation is 3. The number of benzene rings is 2. The first-order chi connectivity index (χ1) is 12.0. The molecule has 4 nitrogen and oxygen atoms in total. The van der Waals surface area contributed by atoms with Gasteiger partial charge in [0, 0.05) is 16.8 Å². The molecule has 0 aromatic heterocycles. The van der Waals surface area contributed by atoms with E-state index in [1.807, 2.05) is 26.0 Å². The van der Waals surface area contributed by atoms with Gasteiger partial charge in [-0.25, -0.2) is 0 Å². The maximum Gasteiger partial charge on any atom is 0.255 e. The molecule has 0 radical (unpaired) electrons. The van der Waals surface area contributed by atoms with Crippen LogP contribution in [-0.4, -0.2) is 32.2 Å². The Morgan fingerprint density at radius 2 is 1.64 bits per heavy atom. The average molecular weight is 339 g/mol. The lowest BCUT2D eigenvalue weighted by atomic mass is 10.0. The van der Waals surface area contributed by atoms with Gasteiger partial charge in [0.2, 0.25) is 0 Å².